The van der Waals surface area contributed by atoms with Gasteiger partial charge in [0.25, 0.3) is 0 Å². The molecule has 0 aromatic heterocycles. The van der Waals surface area contributed by atoms with Crippen molar-refractivity contribution in [1.29, 1.82) is 0 Å². The van der Waals surface area contributed by atoms with Gasteiger partial charge in [-0.3, -0.25) is 19.2 Å². The average molecular weight is 438 g/mol. The Morgan fingerprint density at radius 2 is 1.74 bits per heavy atom. The summed E-state index contributed by atoms with van der Waals surface area (Å²) in [6, 6.07) is 4.56. The van der Waals surface area contributed by atoms with E-state index in [4.69, 9.17) is 18.9 Å². The second kappa shape index (κ2) is 10.8. The SMILES string of the molecule is COC(=O)Cc1ccc(O)c(C2CC(OC(C)=O)C(OC(C)=O)C(COC(C)=O)O2)c1. The van der Waals surface area contributed by atoms with E-state index in [9.17, 15) is 24.3 Å². The Hall–Kier alpha value is -3.14. The first kappa shape index (κ1) is 24.1. The number of phenols is 1. The second-order valence-electron chi connectivity index (χ2n) is 7.07. The van der Waals surface area contributed by atoms with Crippen molar-refractivity contribution in [2.24, 2.45) is 0 Å². The molecule has 1 heterocycles. The minimum atomic E-state index is -1.02. The largest absolute Gasteiger partial charge is 0.508 e. The molecule has 0 bridgehead atoms. The van der Waals surface area contributed by atoms with Crippen LogP contribution >= 0.6 is 0 Å². The lowest BCUT2D eigenvalue weighted by molar-refractivity contribution is -0.216. The first-order valence-electron chi connectivity index (χ1n) is 9.62. The fraction of sp³-hybridized carbons (Fsp3) is 0.524. The van der Waals surface area contributed by atoms with Gasteiger partial charge in [0.15, 0.2) is 6.10 Å². The highest BCUT2D eigenvalue weighted by Crippen LogP contribution is 2.39. The molecule has 0 aliphatic carbocycles. The molecule has 1 fully saturated rings. The van der Waals surface area contributed by atoms with Crippen LogP contribution in [0.5, 0.6) is 5.75 Å². The summed E-state index contributed by atoms with van der Waals surface area (Å²) in [5, 5.41) is 10.4. The Morgan fingerprint density at radius 1 is 1.06 bits per heavy atom. The number of phenolic OH excluding ortho intramolecular Hbond substituents is 1. The van der Waals surface area contributed by atoms with Gasteiger partial charge < -0.3 is 28.8 Å². The molecule has 10 heteroatoms. The molecule has 0 spiro atoms. The van der Waals surface area contributed by atoms with Crippen LogP contribution in [-0.2, 0) is 49.3 Å². The maximum Gasteiger partial charge on any atom is 0.309 e. The van der Waals surface area contributed by atoms with Crippen LogP contribution in [0.2, 0.25) is 0 Å². The number of carbonyl (C=O) groups excluding carboxylic acids is 4. The topological polar surface area (TPSA) is 135 Å². The third kappa shape index (κ3) is 6.95. The average Bonchev–Trinajstić information content (AvgIpc) is 2.68. The zero-order chi connectivity index (χ0) is 23.1. The Labute approximate surface area is 179 Å². The highest BCUT2D eigenvalue weighted by Gasteiger charge is 2.44. The Balaban J connectivity index is 2.38. The number of rotatable bonds is 7. The number of esters is 4. The molecular formula is C21H26O10. The predicted molar refractivity (Wildman–Crippen MR) is 104 cm³/mol. The summed E-state index contributed by atoms with van der Waals surface area (Å²) < 4.78 is 26.3. The summed E-state index contributed by atoms with van der Waals surface area (Å²) in [4.78, 5) is 46.1. The zero-order valence-corrected chi connectivity index (χ0v) is 17.8. The van der Waals surface area contributed by atoms with E-state index >= 15 is 0 Å². The van der Waals surface area contributed by atoms with E-state index in [-0.39, 0.29) is 25.2 Å². The standard InChI is InChI=1S/C21H26O10/c1-11(22)28-10-19-21(30-13(3)24)18(29-12(2)23)9-17(31-19)15-7-14(5-6-16(15)25)8-20(26)27-4/h5-7,17-19,21,25H,8-10H2,1-4H3. The lowest BCUT2D eigenvalue weighted by atomic mass is 9.92. The van der Waals surface area contributed by atoms with Gasteiger partial charge in [0.05, 0.1) is 19.6 Å². The molecule has 4 atom stereocenters. The van der Waals surface area contributed by atoms with Crippen LogP contribution in [0, 0.1) is 0 Å². The summed E-state index contributed by atoms with van der Waals surface area (Å²) >= 11 is 0. The van der Waals surface area contributed by atoms with E-state index in [2.05, 4.69) is 4.74 Å². The van der Waals surface area contributed by atoms with Crippen molar-refractivity contribution < 1.29 is 48.0 Å². The van der Waals surface area contributed by atoms with Gasteiger partial charge in [-0.25, -0.2) is 0 Å². The number of hydrogen-bond acceptors (Lipinski definition) is 10. The molecule has 0 radical (unpaired) electrons. The molecule has 2 rings (SSSR count). The monoisotopic (exact) mass is 438 g/mol. The van der Waals surface area contributed by atoms with Crippen molar-refractivity contribution >= 4 is 23.9 Å². The van der Waals surface area contributed by atoms with Gasteiger partial charge >= 0.3 is 23.9 Å². The highest BCUT2D eigenvalue weighted by atomic mass is 16.6. The molecule has 1 saturated heterocycles. The van der Waals surface area contributed by atoms with Crippen molar-refractivity contribution in [3.05, 3.63) is 29.3 Å². The number of aromatic hydroxyl groups is 1. The van der Waals surface area contributed by atoms with E-state index in [0.29, 0.717) is 11.1 Å². The minimum Gasteiger partial charge on any atom is -0.508 e. The molecule has 1 aliphatic heterocycles. The summed E-state index contributed by atoms with van der Waals surface area (Å²) in [5.41, 5.74) is 0.915. The number of methoxy groups -OCH3 is 1. The van der Waals surface area contributed by atoms with Crippen LogP contribution in [0.4, 0.5) is 0 Å². The van der Waals surface area contributed by atoms with Gasteiger partial charge in [0, 0.05) is 32.8 Å². The number of hydrogen-bond donors (Lipinski definition) is 1. The Bertz CT molecular complexity index is 833. The first-order chi connectivity index (χ1) is 14.6. The predicted octanol–water partition coefficient (Wildman–Crippen LogP) is 1.36. The molecule has 1 aromatic rings. The summed E-state index contributed by atoms with van der Waals surface area (Å²) in [6.45, 7) is 3.36. The molecule has 31 heavy (non-hydrogen) atoms. The van der Waals surface area contributed by atoms with Crippen molar-refractivity contribution in [3.63, 3.8) is 0 Å². The summed E-state index contributed by atoms with van der Waals surface area (Å²) in [6.07, 6.45) is -3.64. The number of ether oxygens (including phenoxy) is 5. The molecule has 0 saturated carbocycles. The number of benzene rings is 1. The van der Waals surface area contributed by atoms with Crippen molar-refractivity contribution in [3.8, 4) is 5.75 Å². The minimum absolute atomic E-state index is 0.0170. The van der Waals surface area contributed by atoms with E-state index in [1.807, 2.05) is 0 Å². The van der Waals surface area contributed by atoms with E-state index in [1.165, 1.54) is 33.9 Å². The zero-order valence-electron chi connectivity index (χ0n) is 17.8. The van der Waals surface area contributed by atoms with Gasteiger partial charge in [0.2, 0.25) is 0 Å². The molecule has 10 nitrogen and oxygen atoms in total. The molecule has 1 aromatic carbocycles. The Kier molecular flexibility index (Phi) is 8.38. The van der Waals surface area contributed by atoms with Crippen molar-refractivity contribution in [2.75, 3.05) is 13.7 Å². The van der Waals surface area contributed by atoms with E-state index in [0.717, 1.165) is 0 Å². The third-order valence-electron chi connectivity index (χ3n) is 4.60. The van der Waals surface area contributed by atoms with Gasteiger partial charge in [-0.15, -0.1) is 0 Å². The highest BCUT2D eigenvalue weighted by molar-refractivity contribution is 5.72. The normalized spacial score (nSPS) is 22.8. The third-order valence-corrected chi connectivity index (χ3v) is 4.60. The van der Waals surface area contributed by atoms with Crippen molar-refractivity contribution in [1.82, 2.24) is 0 Å². The van der Waals surface area contributed by atoms with Crippen molar-refractivity contribution in [2.45, 2.75) is 58.0 Å². The maximum absolute atomic E-state index is 11.6. The fourth-order valence-corrected chi connectivity index (χ4v) is 3.34. The molecular weight excluding hydrogens is 412 g/mol. The molecule has 4 unspecified atom stereocenters. The second-order valence-corrected chi connectivity index (χ2v) is 7.07. The molecule has 1 aliphatic rings. The quantitative estimate of drug-likeness (QED) is 0.491. The lowest BCUT2D eigenvalue weighted by Crippen LogP contribution is -2.51. The van der Waals surface area contributed by atoms with Gasteiger partial charge in [-0.1, -0.05) is 6.07 Å². The summed E-state index contributed by atoms with van der Waals surface area (Å²) in [5.74, 6) is -2.35. The van der Waals surface area contributed by atoms with Gasteiger partial charge in [0.1, 0.15) is 24.6 Å². The lowest BCUT2D eigenvalue weighted by Gasteiger charge is -2.40. The van der Waals surface area contributed by atoms with E-state index in [1.54, 1.807) is 12.1 Å². The van der Waals surface area contributed by atoms with Crippen LogP contribution in [-0.4, -0.2) is 61.0 Å². The van der Waals surface area contributed by atoms with Gasteiger partial charge in [-0.05, 0) is 17.7 Å². The Morgan fingerprint density at radius 3 is 2.32 bits per heavy atom. The first-order valence-corrected chi connectivity index (χ1v) is 9.62. The molecule has 1 N–H and O–H groups in total. The summed E-state index contributed by atoms with van der Waals surface area (Å²) in [7, 11) is 1.27. The van der Waals surface area contributed by atoms with E-state index < -0.39 is 48.3 Å². The van der Waals surface area contributed by atoms with Crippen LogP contribution in [0.25, 0.3) is 0 Å². The van der Waals surface area contributed by atoms with Crippen LogP contribution < -0.4 is 0 Å². The molecule has 0 amide bonds. The fourth-order valence-electron chi connectivity index (χ4n) is 3.34. The van der Waals surface area contributed by atoms with Crippen LogP contribution in [0.15, 0.2) is 18.2 Å². The number of carbonyl (C=O) groups is 4. The van der Waals surface area contributed by atoms with Gasteiger partial charge in [-0.2, -0.15) is 0 Å². The smallest absolute Gasteiger partial charge is 0.309 e. The molecule has 170 valence electrons. The van der Waals surface area contributed by atoms with Crippen LogP contribution in [0.3, 0.4) is 0 Å². The maximum atomic E-state index is 11.6. The van der Waals surface area contributed by atoms with Crippen LogP contribution in [0.1, 0.15) is 44.4 Å².